The number of thioether (sulfide) groups is 1. The van der Waals surface area contributed by atoms with E-state index in [1.807, 2.05) is 17.8 Å². The molecule has 0 aromatic carbocycles. The summed E-state index contributed by atoms with van der Waals surface area (Å²) in [5.74, 6) is 0.924. The summed E-state index contributed by atoms with van der Waals surface area (Å²) in [6, 6.07) is 1.94. The molecule has 0 amide bonds. The third-order valence-corrected chi connectivity index (χ3v) is 2.73. The summed E-state index contributed by atoms with van der Waals surface area (Å²) < 4.78 is 5.04. The van der Waals surface area contributed by atoms with Gasteiger partial charge in [-0.25, -0.2) is 9.97 Å². The monoisotopic (exact) mass is 198 g/mol. The first kappa shape index (κ1) is 10.5. The van der Waals surface area contributed by atoms with Gasteiger partial charge in [0.15, 0.2) is 0 Å². The highest BCUT2D eigenvalue weighted by atomic mass is 32.2. The van der Waals surface area contributed by atoms with E-state index in [1.54, 1.807) is 19.6 Å². The van der Waals surface area contributed by atoms with E-state index in [0.717, 1.165) is 18.1 Å². The van der Waals surface area contributed by atoms with Crippen molar-refractivity contribution in [2.75, 3.05) is 13.7 Å². The van der Waals surface area contributed by atoms with E-state index in [9.17, 15) is 0 Å². The van der Waals surface area contributed by atoms with Gasteiger partial charge in [-0.3, -0.25) is 0 Å². The van der Waals surface area contributed by atoms with Gasteiger partial charge < -0.3 is 4.74 Å². The zero-order valence-electron chi connectivity index (χ0n) is 7.93. The minimum absolute atomic E-state index is 0.514. The largest absolute Gasteiger partial charge is 0.384 e. The Morgan fingerprint density at radius 3 is 3.08 bits per heavy atom. The molecule has 0 bridgehead atoms. The van der Waals surface area contributed by atoms with Crippen molar-refractivity contribution < 1.29 is 4.74 Å². The number of hydrogen-bond donors (Lipinski definition) is 0. The molecule has 0 aliphatic carbocycles. The molecule has 0 fully saturated rings. The second kappa shape index (κ2) is 5.94. The summed E-state index contributed by atoms with van der Waals surface area (Å²) in [4.78, 5) is 8.00. The normalized spacial score (nSPS) is 12.8. The molecule has 0 aliphatic rings. The van der Waals surface area contributed by atoms with E-state index >= 15 is 0 Å². The van der Waals surface area contributed by atoms with Gasteiger partial charge in [-0.15, -0.1) is 0 Å². The SMILES string of the molecule is COCC(C)SCc1ccncn1. The summed E-state index contributed by atoms with van der Waals surface area (Å²) in [5.41, 5.74) is 1.07. The Bertz CT molecular complexity index is 230. The lowest BCUT2D eigenvalue weighted by atomic mass is 10.5. The van der Waals surface area contributed by atoms with Gasteiger partial charge in [0.25, 0.3) is 0 Å². The molecule has 1 unspecified atom stereocenters. The van der Waals surface area contributed by atoms with Crippen LogP contribution in [0, 0.1) is 0 Å². The van der Waals surface area contributed by atoms with Crippen LogP contribution in [0.2, 0.25) is 0 Å². The van der Waals surface area contributed by atoms with Crippen molar-refractivity contribution in [3.63, 3.8) is 0 Å². The molecule has 1 aromatic rings. The summed E-state index contributed by atoms with van der Waals surface area (Å²) in [6.45, 7) is 2.94. The molecule has 0 spiro atoms. The van der Waals surface area contributed by atoms with Crippen LogP contribution in [-0.2, 0) is 10.5 Å². The van der Waals surface area contributed by atoms with Gasteiger partial charge >= 0.3 is 0 Å². The number of aromatic nitrogens is 2. The van der Waals surface area contributed by atoms with Crippen LogP contribution in [0.15, 0.2) is 18.6 Å². The first-order chi connectivity index (χ1) is 6.33. The van der Waals surface area contributed by atoms with Gasteiger partial charge in [0, 0.05) is 24.3 Å². The molecule has 0 aliphatic heterocycles. The van der Waals surface area contributed by atoms with E-state index in [1.165, 1.54) is 0 Å². The second-order valence-electron chi connectivity index (χ2n) is 2.78. The molecule has 0 saturated carbocycles. The number of ether oxygens (including phenoxy) is 1. The molecule has 3 nitrogen and oxygen atoms in total. The van der Waals surface area contributed by atoms with Crippen molar-refractivity contribution in [2.45, 2.75) is 17.9 Å². The minimum Gasteiger partial charge on any atom is -0.384 e. The predicted molar refractivity (Wildman–Crippen MR) is 54.7 cm³/mol. The van der Waals surface area contributed by atoms with Crippen molar-refractivity contribution in [1.29, 1.82) is 0 Å². The van der Waals surface area contributed by atoms with Crippen LogP contribution in [0.1, 0.15) is 12.6 Å². The standard InChI is InChI=1S/C9H14N2OS/c1-8(5-12-2)13-6-9-3-4-10-7-11-9/h3-4,7-8H,5-6H2,1-2H3. The molecule has 1 aromatic heterocycles. The first-order valence-corrected chi connectivity index (χ1v) is 5.23. The molecular formula is C9H14N2OS. The van der Waals surface area contributed by atoms with Crippen molar-refractivity contribution in [1.82, 2.24) is 9.97 Å². The van der Waals surface area contributed by atoms with Crippen molar-refractivity contribution >= 4 is 11.8 Å². The maximum Gasteiger partial charge on any atom is 0.115 e. The van der Waals surface area contributed by atoms with Crippen LogP contribution in [-0.4, -0.2) is 28.9 Å². The molecule has 1 atom stereocenters. The number of methoxy groups -OCH3 is 1. The maximum atomic E-state index is 5.04. The zero-order chi connectivity index (χ0) is 9.52. The fraction of sp³-hybridized carbons (Fsp3) is 0.556. The van der Waals surface area contributed by atoms with Crippen LogP contribution in [0.5, 0.6) is 0 Å². The molecule has 1 rings (SSSR count). The lowest BCUT2D eigenvalue weighted by Gasteiger charge is -2.08. The molecule has 0 radical (unpaired) electrons. The van der Waals surface area contributed by atoms with Gasteiger partial charge in [-0.2, -0.15) is 11.8 Å². The summed E-state index contributed by atoms with van der Waals surface area (Å²) in [7, 11) is 1.72. The molecule has 13 heavy (non-hydrogen) atoms. The summed E-state index contributed by atoms with van der Waals surface area (Å²) >= 11 is 1.84. The minimum atomic E-state index is 0.514. The van der Waals surface area contributed by atoms with E-state index in [4.69, 9.17) is 4.74 Å². The van der Waals surface area contributed by atoms with Crippen LogP contribution in [0.25, 0.3) is 0 Å². The lowest BCUT2D eigenvalue weighted by Crippen LogP contribution is -2.05. The molecular weight excluding hydrogens is 184 g/mol. The summed E-state index contributed by atoms with van der Waals surface area (Å²) in [5, 5.41) is 0.514. The fourth-order valence-electron chi connectivity index (χ4n) is 0.914. The van der Waals surface area contributed by atoms with E-state index in [0.29, 0.717) is 5.25 Å². The van der Waals surface area contributed by atoms with Crippen LogP contribution >= 0.6 is 11.8 Å². The van der Waals surface area contributed by atoms with Crippen molar-refractivity contribution in [3.05, 3.63) is 24.3 Å². The van der Waals surface area contributed by atoms with E-state index in [2.05, 4.69) is 16.9 Å². The van der Waals surface area contributed by atoms with E-state index in [-0.39, 0.29) is 0 Å². The Balaban J connectivity index is 2.27. The van der Waals surface area contributed by atoms with Crippen molar-refractivity contribution in [2.24, 2.45) is 0 Å². The quantitative estimate of drug-likeness (QED) is 0.722. The topological polar surface area (TPSA) is 35.0 Å². The third kappa shape index (κ3) is 4.24. The summed E-state index contributed by atoms with van der Waals surface area (Å²) in [6.07, 6.45) is 3.35. The van der Waals surface area contributed by atoms with Crippen molar-refractivity contribution in [3.8, 4) is 0 Å². The Labute approximate surface area is 82.9 Å². The van der Waals surface area contributed by atoms with Gasteiger partial charge in [-0.05, 0) is 6.07 Å². The van der Waals surface area contributed by atoms with Crippen LogP contribution in [0.4, 0.5) is 0 Å². The lowest BCUT2D eigenvalue weighted by molar-refractivity contribution is 0.203. The first-order valence-electron chi connectivity index (χ1n) is 4.18. The average Bonchev–Trinajstić information content (AvgIpc) is 2.17. The highest BCUT2D eigenvalue weighted by Crippen LogP contribution is 2.15. The van der Waals surface area contributed by atoms with Gasteiger partial charge in [0.1, 0.15) is 6.33 Å². The Morgan fingerprint density at radius 2 is 2.46 bits per heavy atom. The fourth-order valence-corrected chi connectivity index (χ4v) is 1.77. The number of nitrogens with zero attached hydrogens (tertiary/aromatic N) is 2. The van der Waals surface area contributed by atoms with Gasteiger partial charge in [-0.1, -0.05) is 6.92 Å². The highest BCUT2D eigenvalue weighted by molar-refractivity contribution is 7.99. The Morgan fingerprint density at radius 1 is 1.62 bits per heavy atom. The molecule has 4 heteroatoms. The Hall–Kier alpha value is -0.610. The maximum absolute atomic E-state index is 5.04. The zero-order valence-corrected chi connectivity index (χ0v) is 8.75. The van der Waals surface area contributed by atoms with E-state index < -0.39 is 0 Å². The smallest absolute Gasteiger partial charge is 0.115 e. The second-order valence-corrected chi connectivity index (χ2v) is 4.20. The Kier molecular flexibility index (Phi) is 4.78. The number of rotatable bonds is 5. The van der Waals surface area contributed by atoms with Gasteiger partial charge in [0.05, 0.1) is 12.3 Å². The average molecular weight is 198 g/mol. The molecule has 0 saturated heterocycles. The highest BCUT2D eigenvalue weighted by Gasteiger charge is 2.02. The third-order valence-electron chi connectivity index (χ3n) is 1.56. The molecule has 0 N–H and O–H groups in total. The molecule has 72 valence electrons. The van der Waals surface area contributed by atoms with Gasteiger partial charge in [0.2, 0.25) is 0 Å². The predicted octanol–water partition coefficient (Wildman–Crippen LogP) is 1.74. The van der Waals surface area contributed by atoms with Crippen LogP contribution in [0.3, 0.4) is 0 Å². The van der Waals surface area contributed by atoms with Crippen LogP contribution < -0.4 is 0 Å². The molecule has 1 heterocycles. The number of hydrogen-bond acceptors (Lipinski definition) is 4.